The molecule has 9 heavy (non-hydrogen) atoms. The van der Waals surface area contributed by atoms with E-state index in [-0.39, 0.29) is 29.6 Å². The zero-order chi connectivity index (χ0) is 5.98. The third-order valence-corrected chi connectivity index (χ3v) is 1.37. The first kappa shape index (κ1) is 9.59. The van der Waals surface area contributed by atoms with Crippen molar-refractivity contribution in [2.24, 2.45) is 0 Å². The second-order valence-corrected chi connectivity index (χ2v) is 1.98. The van der Waals surface area contributed by atoms with Crippen LogP contribution in [0.5, 0.6) is 0 Å². The molecule has 1 N–H and O–H groups in total. The number of hydrogen-bond acceptors (Lipinski definition) is 2. The first-order valence-electron chi connectivity index (χ1n) is 2.00. The van der Waals surface area contributed by atoms with Crippen molar-refractivity contribution in [3.8, 4) is 0 Å². The molecule has 1 heterocycles. The number of rotatable bonds is 0. The molecule has 0 spiro atoms. The normalized spacial score (nSPS) is 8.11. The van der Waals surface area contributed by atoms with E-state index in [0.29, 0.717) is 9.79 Å². The van der Waals surface area contributed by atoms with Crippen LogP contribution in [0.4, 0.5) is 0 Å². The van der Waals surface area contributed by atoms with Crippen molar-refractivity contribution in [3.05, 3.63) is 22.2 Å². The van der Waals surface area contributed by atoms with Gasteiger partial charge in [-0.2, -0.15) is 0 Å². The number of nitrogens with zero attached hydrogens (tertiary/aromatic N) is 1. The average Bonchev–Trinajstić information content (AvgIpc) is 1.77. The molecule has 0 unspecified atom stereocenters. The fourth-order valence-electron chi connectivity index (χ4n) is 0.334. The molecule has 0 radical (unpaired) electrons. The summed E-state index contributed by atoms with van der Waals surface area (Å²) >= 11 is 10.2. The van der Waals surface area contributed by atoms with Crippen molar-refractivity contribution in [1.82, 2.24) is 9.97 Å². The smallest absolute Gasteiger partial charge is 0.349 e. The number of halogens is 1. The first-order valence-corrected chi connectivity index (χ1v) is 2.78. The fourth-order valence-corrected chi connectivity index (χ4v) is 0.565. The molecule has 0 saturated heterocycles. The third-order valence-electron chi connectivity index (χ3n) is 0.664. The van der Waals surface area contributed by atoms with Gasteiger partial charge in [0.05, 0.1) is 0 Å². The predicted molar refractivity (Wildman–Crippen MR) is 34.4 cm³/mol. The maximum atomic E-state index is 5.46. The number of H-pyrrole nitrogens is 1. The number of aromatic amines is 1. The van der Waals surface area contributed by atoms with Crippen LogP contribution in [0.3, 0.4) is 0 Å². The van der Waals surface area contributed by atoms with Gasteiger partial charge in [0.15, 0.2) is 5.15 Å². The van der Waals surface area contributed by atoms with Gasteiger partial charge in [-0.25, -0.2) is 4.98 Å². The van der Waals surface area contributed by atoms with E-state index in [1.807, 2.05) is 0 Å². The Labute approximate surface area is 84.9 Å². The van der Waals surface area contributed by atoms with Crippen LogP contribution >= 0.6 is 23.8 Å². The van der Waals surface area contributed by atoms with E-state index in [2.05, 4.69) is 9.97 Å². The average molecular weight is 170 g/mol. The Hall–Kier alpha value is 0.590. The van der Waals surface area contributed by atoms with Crippen LogP contribution in [-0.2, 0) is 0 Å². The van der Waals surface area contributed by atoms with E-state index >= 15 is 0 Å². The monoisotopic (exact) mass is 169 g/mol. The fraction of sp³-hybridized carbons (Fsp3) is 0. The molecule has 0 aliphatic carbocycles. The molecule has 0 amide bonds. The van der Waals surface area contributed by atoms with E-state index in [1.54, 1.807) is 12.4 Å². The van der Waals surface area contributed by atoms with Gasteiger partial charge in [0.2, 0.25) is 0 Å². The minimum atomic E-state index is 0. The number of nitrogens with one attached hydrogen (secondary N) is 1. The summed E-state index contributed by atoms with van der Waals surface area (Å²) < 4.78 is 0.481. The third kappa shape index (κ3) is 2.78. The van der Waals surface area contributed by atoms with Crippen molar-refractivity contribution in [2.75, 3.05) is 0 Å². The SMILES string of the molecule is S=c1[nH]ccnc1Cl.[Na+]. The zero-order valence-corrected chi connectivity index (χ0v) is 8.46. The summed E-state index contributed by atoms with van der Waals surface area (Å²) in [4.78, 5) is 6.43. The molecule has 1 rings (SSSR count). The molecule has 2 nitrogen and oxygen atoms in total. The summed E-state index contributed by atoms with van der Waals surface area (Å²) in [5, 5.41) is 0.350. The second-order valence-electron chi connectivity index (χ2n) is 1.21. The second kappa shape index (κ2) is 4.41. The van der Waals surface area contributed by atoms with Crippen LogP contribution in [0.1, 0.15) is 0 Å². The van der Waals surface area contributed by atoms with Gasteiger partial charge in [0, 0.05) is 12.4 Å². The van der Waals surface area contributed by atoms with Crippen molar-refractivity contribution in [1.29, 1.82) is 0 Å². The molecule has 1 aromatic rings. The van der Waals surface area contributed by atoms with Crippen LogP contribution in [0.25, 0.3) is 0 Å². The molecule has 0 fully saturated rings. The van der Waals surface area contributed by atoms with Gasteiger partial charge in [-0.15, -0.1) is 0 Å². The van der Waals surface area contributed by atoms with Crippen LogP contribution < -0.4 is 29.6 Å². The molecule has 0 aliphatic heterocycles. The van der Waals surface area contributed by atoms with Gasteiger partial charge < -0.3 is 4.98 Å². The largest absolute Gasteiger partial charge is 1.00 e. The van der Waals surface area contributed by atoms with Crippen LogP contribution in [0.15, 0.2) is 12.4 Å². The van der Waals surface area contributed by atoms with E-state index in [9.17, 15) is 0 Å². The Balaban J connectivity index is 0.000000640. The van der Waals surface area contributed by atoms with E-state index in [4.69, 9.17) is 23.8 Å². The van der Waals surface area contributed by atoms with Gasteiger partial charge in [0.1, 0.15) is 4.64 Å². The van der Waals surface area contributed by atoms with E-state index in [1.165, 1.54) is 0 Å². The van der Waals surface area contributed by atoms with Crippen LogP contribution in [-0.4, -0.2) is 9.97 Å². The van der Waals surface area contributed by atoms with Gasteiger partial charge in [-0.3, -0.25) is 0 Å². The Kier molecular flexibility index (Phi) is 4.70. The maximum Gasteiger partial charge on any atom is 1.00 e. The molecular weight excluding hydrogens is 167 g/mol. The van der Waals surface area contributed by atoms with Crippen molar-refractivity contribution >= 4 is 23.8 Å². The molecule has 5 heteroatoms. The zero-order valence-electron chi connectivity index (χ0n) is 4.89. The van der Waals surface area contributed by atoms with Gasteiger partial charge in [0.25, 0.3) is 0 Å². The minimum Gasteiger partial charge on any atom is -0.349 e. The number of aromatic nitrogens is 2. The number of hydrogen-bond donors (Lipinski definition) is 1. The Bertz CT molecular complexity index is 236. The quantitative estimate of drug-likeness (QED) is 0.390. The van der Waals surface area contributed by atoms with Gasteiger partial charge >= 0.3 is 29.6 Å². The Morgan fingerprint density at radius 2 is 2.33 bits per heavy atom. The Morgan fingerprint density at radius 1 is 1.67 bits per heavy atom. The van der Waals surface area contributed by atoms with Crippen LogP contribution in [0.2, 0.25) is 5.15 Å². The summed E-state index contributed by atoms with van der Waals surface area (Å²) in [7, 11) is 0. The molecule has 0 bridgehead atoms. The minimum absolute atomic E-state index is 0. The van der Waals surface area contributed by atoms with Crippen LogP contribution in [0, 0.1) is 4.64 Å². The molecule has 0 aromatic carbocycles. The van der Waals surface area contributed by atoms with Gasteiger partial charge in [-0.1, -0.05) is 23.8 Å². The molecule has 0 atom stereocenters. The summed E-state index contributed by atoms with van der Waals surface area (Å²) in [6.45, 7) is 0. The Morgan fingerprint density at radius 3 is 2.67 bits per heavy atom. The van der Waals surface area contributed by atoms with Crippen molar-refractivity contribution in [3.63, 3.8) is 0 Å². The summed E-state index contributed by atoms with van der Waals surface area (Å²) in [5.41, 5.74) is 0. The first-order chi connectivity index (χ1) is 3.80. The van der Waals surface area contributed by atoms with E-state index in [0.717, 1.165) is 0 Å². The molecule has 0 aliphatic rings. The molecule has 1 aromatic heterocycles. The van der Waals surface area contributed by atoms with Crippen molar-refractivity contribution in [2.45, 2.75) is 0 Å². The van der Waals surface area contributed by atoms with Crippen molar-refractivity contribution < 1.29 is 29.6 Å². The standard InChI is InChI=1S/C4H3ClN2S.Na/c5-3-4(8)7-2-1-6-3;/h1-2H,(H,7,8);/q;+1. The topological polar surface area (TPSA) is 28.7 Å². The summed E-state index contributed by atoms with van der Waals surface area (Å²) in [5.74, 6) is 0. The molecule has 42 valence electrons. The summed E-state index contributed by atoms with van der Waals surface area (Å²) in [6, 6.07) is 0. The molecular formula is C4H3ClN2NaS+. The van der Waals surface area contributed by atoms with Gasteiger partial charge in [-0.05, 0) is 0 Å². The maximum absolute atomic E-state index is 5.46. The predicted octanol–water partition coefficient (Wildman–Crippen LogP) is -1.20. The molecule has 0 saturated carbocycles. The van der Waals surface area contributed by atoms with E-state index < -0.39 is 0 Å². The summed E-state index contributed by atoms with van der Waals surface area (Å²) in [6.07, 6.45) is 3.19.